The standard InChI is InChI=1S/C3H9N.2ClH.Sb.H/c1-4(2)3;;;;/h1-3H3;2*1H;;/q;;;+2;/p-2. The van der Waals surface area contributed by atoms with Crippen LogP contribution in [0.15, 0.2) is 0 Å². The van der Waals surface area contributed by atoms with E-state index in [1.807, 2.05) is 26.0 Å². The summed E-state index contributed by atoms with van der Waals surface area (Å²) < 4.78 is 0. The van der Waals surface area contributed by atoms with Crippen molar-refractivity contribution >= 4 is 37.0 Å². The number of halogens is 2. The fraction of sp³-hybridized carbons (Fsp3) is 1.00. The molecule has 0 rings (SSSR count). The van der Waals surface area contributed by atoms with Gasteiger partial charge in [0.05, 0.1) is 0 Å². The summed E-state index contributed by atoms with van der Waals surface area (Å²) in [5, 5.41) is 0. The molecule has 0 fully saturated rings. The third-order valence-electron chi connectivity index (χ3n) is 0. The second-order valence-electron chi connectivity index (χ2n) is 1.41. The molecule has 0 N–H and O–H groups in total. The molecule has 0 aromatic heterocycles. The van der Waals surface area contributed by atoms with Crippen LogP contribution in [0, 0.1) is 0 Å². The van der Waals surface area contributed by atoms with E-state index >= 15 is 0 Å². The van der Waals surface area contributed by atoms with Crippen LogP contribution < -0.4 is 0 Å². The molecule has 7 heavy (non-hydrogen) atoms. The zero-order chi connectivity index (χ0) is 6.28. The Hall–Kier alpha value is 1.36. The third kappa shape index (κ3) is 115. The van der Waals surface area contributed by atoms with Gasteiger partial charge in [0.2, 0.25) is 0 Å². The molecule has 0 bridgehead atoms. The number of hydrogen-bond donors (Lipinski definition) is 0. The van der Waals surface area contributed by atoms with Crippen molar-refractivity contribution in [3.63, 3.8) is 0 Å². The molecule has 0 unspecified atom stereocenters. The minimum atomic E-state index is -0.826. The molecule has 0 atom stereocenters. The molecular weight excluding hydrogens is 243 g/mol. The van der Waals surface area contributed by atoms with Gasteiger partial charge in [-0.2, -0.15) is 0 Å². The second-order valence-corrected chi connectivity index (χ2v) is 5.65. The summed E-state index contributed by atoms with van der Waals surface area (Å²) >= 11 is -0.826. The van der Waals surface area contributed by atoms with Crippen LogP contribution >= 0.6 is 17.7 Å². The average Bonchev–Trinajstić information content (AvgIpc) is 1.33. The Labute approximate surface area is 62.9 Å². The first-order chi connectivity index (χ1) is 3.15. The Morgan fingerprint density at radius 1 is 1.14 bits per heavy atom. The van der Waals surface area contributed by atoms with E-state index < -0.39 is 19.3 Å². The average molecular weight is 253 g/mol. The Morgan fingerprint density at radius 3 is 1.14 bits per heavy atom. The van der Waals surface area contributed by atoms with Crippen LogP contribution in [0.4, 0.5) is 0 Å². The van der Waals surface area contributed by atoms with E-state index in [4.69, 9.17) is 17.7 Å². The van der Waals surface area contributed by atoms with Crippen molar-refractivity contribution in [1.82, 2.24) is 4.90 Å². The molecule has 0 saturated heterocycles. The van der Waals surface area contributed by atoms with E-state index in [1.54, 1.807) is 0 Å². The van der Waals surface area contributed by atoms with Gasteiger partial charge in [0.25, 0.3) is 0 Å². The number of hydrogen-bond acceptors (Lipinski definition) is 1. The zero-order valence-corrected chi connectivity index (χ0v) is 9.07. The summed E-state index contributed by atoms with van der Waals surface area (Å²) in [4.78, 5) is 2.00. The third-order valence-corrected chi connectivity index (χ3v) is 0. The summed E-state index contributed by atoms with van der Waals surface area (Å²) in [6, 6.07) is 0. The van der Waals surface area contributed by atoms with Crippen LogP contribution in [0.25, 0.3) is 0 Å². The molecule has 0 saturated carbocycles. The molecule has 0 radical (unpaired) electrons. The molecule has 1 nitrogen and oxygen atoms in total. The van der Waals surface area contributed by atoms with Crippen molar-refractivity contribution < 1.29 is 0 Å². The van der Waals surface area contributed by atoms with Crippen LogP contribution in [0.3, 0.4) is 0 Å². The molecule has 0 aromatic rings. The summed E-state index contributed by atoms with van der Waals surface area (Å²) in [6.45, 7) is 0. The molecule has 0 aromatic carbocycles. The van der Waals surface area contributed by atoms with Gasteiger partial charge in [0, 0.05) is 0 Å². The maximum atomic E-state index is 4.93. The van der Waals surface area contributed by atoms with Gasteiger partial charge in [0.15, 0.2) is 0 Å². The Bertz CT molecular complexity index is 24.1. The number of nitrogens with zero attached hydrogens (tertiary/aromatic N) is 1. The first-order valence-corrected chi connectivity index (χ1v) is 8.95. The zero-order valence-electron chi connectivity index (χ0n) is 4.70. The first kappa shape index (κ1) is 11.2. The molecule has 0 aliphatic heterocycles. The fourth-order valence-electron chi connectivity index (χ4n) is 0. The minimum absolute atomic E-state index is 0.826. The first-order valence-electron chi connectivity index (χ1n) is 1.72. The molecular formula is C3H10Cl2NSb. The Balaban J connectivity index is 0. The SMILES string of the molecule is CN(C)C.[Cl][SbH][Cl]. The summed E-state index contributed by atoms with van der Waals surface area (Å²) in [6.07, 6.45) is 0. The van der Waals surface area contributed by atoms with Crippen LogP contribution in [0.2, 0.25) is 0 Å². The topological polar surface area (TPSA) is 3.24 Å². The van der Waals surface area contributed by atoms with Crippen LogP contribution in [-0.4, -0.2) is 45.4 Å². The molecule has 4 heteroatoms. The summed E-state index contributed by atoms with van der Waals surface area (Å²) in [5.74, 6) is 0. The predicted molar refractivity (Wildman–Crippen MR) is 38.5 cm³/mol. The normalized spacial score (nSPS) is 7.71. The summed E-state index contributed by atoms with van der Waals surface area (Å²) in [7, 11) is 15.9. The molecule has 0 heterocycles. The van der Waals surface area contributed by atoms with E-state index in [2.05, 4.69) is 0 Å². The predicted octanol–water partition coefficient (Wildman–Crippen LogP) is 0.908. The van der Waals surface area contributed by atoms with Crippen LogP contribution in [-0.2, 0) is 0 Å². The van der Waals surface area contributed by atoms with E-state index in [1.165, 1.54) is 0 Å². The maximum absolute atomic E-state index is 4.93. The van der Waals surface area contributed by atoms with Crippen molar-refractivity contribution in [2.75, 3.05) is 21.1 Å². The van der Waals surface area contributed by atoms with Crippen LogP contribution in [0.1, 0.15) is 0 Å². The fourth-order valence-corrected chi connectivity index (χ4v) is 0. The summed E-state index contributed by atoms with van der Waals surface area (Å²) in [5.41, 5.74) is 0. The van der Waals surface area contributed by atoms with E-state index in [0.29, 0.717) is 0 Å². The molecule has 0 aliphatic carbocycles. The van der Waals surface area contributed by atoms with E-state index in [-0.39, 0.29) is 0 Å². The molecule has 46 valence electrons. The van der Waals surface area contributed by atoms with Gasteiger partial charge >= 0.3 is 37.0 Å². The Morgan fingerprint density at radius 2 is 1.14 bits per heavy atom. The Kier molecular flexibility index (Phi) is 16.6. The van der Waals surface area contributed by atoms with Gasteiger partial charge in [-0.3, -0.25) is 0 Å². The molecule has 0 amide bonds. The number of rotatable bonds is 0. The molecule has 0 aliphatic rings. The van der Waals surface area contributed by atoms with Gasteiger partial charge in [-0.05, 0) is 21.1 Å². The molecule has 0 spiro atoms. The van der Waals surface area contributed by atoms with Gasteiger partial charge in [0.1, 0.15) is 0 Å². The van der Waals surface area contributed by atoms with Gasteiger partial charge in [-0.25, -0.2) is 0 Å². The van der Waals surface area contributed by atoms with Crippen molar-refractivity contribution in [2.45, 2.75) is 0 Å². The van der Waals surface area contributed by atoms with Gasteiger partial charge in [-0.15, -0.1) is 0 Å². The van der Waals surface area contributed by atoms with Crippen LogP contribution in [0.5, 0.6) is 0 Å². The monoisotopic (exact) mass is 251 g/mol. The van der Waals surface area contributed by atoms with E-state index in [9.17, 15) is 0 Å². The van der Waals surface area contributed by atoms with Crippen molar-refractivity contribution in [3.8, 4) is 0 Å². The van der Waals surface area contributed by atoms with Crippen molar-refractivity contribution in [2.24, 2.45) is 0 Å². The van der Waals surface area contributed by atoms with Crippen molar-refractivity contribution in [3.05, 3.63) is 0 Å². The van der Waals surface area contributed by atoms with Gasteiger partial charge in [-0.1, -0.05) is 0 Å². The van der Waals surface area contributed by atoms with E-state index in [0.717, 1.165) is 0 Å². The second kappa shape index (κ2) is 10.4. The van der Waals surface area contributed by atoms with Gasteiger partial charge < -0.3 is 4.90 Å². The van der Waals surface area contributed by atoms with Crippen molar-refractivity contribution in [1.29, 1.82) is 0 Å². The quantitative estimate of drug-likeness (QED) is 0.580.